The van der Waals surface area contributed by atoms with E-state index in [1.807, 2.05) is 50.2 Å². The van der Waals surface area contributed by atoms with Crippen LogP contribution >= 0.6 is 23.4 Å². The van der Waals surface area contributed by atoms with Gasteiger partial charge in [-0.05, 0) is 44.2 Å². The van der Waals surface area contributed by atoms with Crippen molar-refractivity contribution in [2.45, 2.75) is 24.3 Å². The van der Waals surface area contributed by atoms with Crippen LogP contribution in [0.4, 0.5) is 0 Å². The Balaban J connectivity index is 1.55. The highest BCUT2D eigenvalue weighted by atomic mass is 35.5. The summed E-state index contributed by atoms with van der Waals surface area (Å²) in [4.78, 5) is 20.8. The van der Waals surface area contributed by atoms with Gasteiger partial charge in [-0.1, -0.05) is 41.6 Å². The van der Waals surface area contributed by atoms with E-state index in [1.54, 1.807) is 12.1 Å². The van der Waals surface area contributed by atoms with Crippen molar-refractivity contribution in [2.24, 2.45) is 0 Å². The van der Waals surface area contributed by atoms with Gasteiger partial charge in [0, 0.05) is 32.7 Å². The number of aromatic nitrogens is 4. The third-order valence-corrected chi connectivity index (χ3v) is 5.59. The second-order valence-electron chi connectivity index (χ2n) is 6.27. The molecular weight excluding hydrogens is 380 g/mol. The predicted octanol–water partition coefficient (Wildman–Crippen LogP) is 5.28. The number of nitrogens with zero attached hydrogens (tertiary/aromatic N) is 2. The molecule has 4 rings (SSSR count). The Morgan fingerprint density at radius 2 is 1.89 bits per heavy atom. The molecule has 136 valence electrons. The molecular formula is C20H17ClN4OS. The van der Waals surface area contributed by atoms with Gasteiger partial charge in [0.05, 0.1) is 5.25 Å². The molecule has 2 heterocycles. The molecule has 27 heavy (non-hydrogen) atoms. The summed E-state index contributed by atoms with van der Waals surface area (Å²) in [6.45, 7) is 3.81. The molecule has 7 heteroatoms. The summed E-state index contributed by atoms with van der Waals surface area (Å²) in [5, 5.41) is 9.00. The second-order valence-corrected chi connectivity index (χ2v) is 8.01. The highest BCUT2D eigenvalue weighted by molar-refractivity contribution is 8.00. The molecule has 0 saturated heterocycles. The van der Waals surface area contributed by atoms with Crippen LogP contribution < -0.4 is 0 Å². The van der Waals surface area contributed by atoms with Crippen LogP contribution in [0.3, 0.4) is 0 Å². The maximum Gasteiger partial charge on any atom is 0.209 e. The van der Waals surface area contributed by atoms with E-state index >= 15 is 0 Å². The number of H-pyrrole nitrogens is 2. The minimum atomic E-state index is -0.309. The Bertz CT molecular complexity index is 1120. The summed E-state index contributed by atoms with van der Waals surface area (Å²) in [6.07, 6.45) is 0. The molecule has 2 N–H and O–H groups in total. The molecule has 5 nitrogen and oxygen atoms in total. The number of hydrogen-bond acceptors (Lipinski definition) is 4. The lowest BCUT2D eigenvalue weighted by Gasteiger charge is -2.08. The van der Waals surface area contributed by atoms with Gasteiger partial charge in [-0.25, -0.2) is 4.98 Å². The van der Waals surface area contributed by atoms with Gasteiger partial charge >= 0.3 is 0 Å². The fraction of sp³-hybridized carbons (Fsp3) is 0.150. The molecule has 0 fully saturated rings. The molecule has 0 spiro atoms. The normalized spacial score (nSPS) is 12.4. The fourth-order valence-electron chi connectivity index (χ4n) is 3.05. The molecule has 0 saturated carbocycles. The lowest BCUT2D eigenvalue weighted by molar-refractivity contribution is 0.0995. The molecule has 1 atom stereocenters. The smallest absolute Gasteiger partial charge is 0.209 e. The average molecular weight is 397 g/mol. The van der Waals surface area contributed by atoms with Gasteiger partial charge in [-0.3, -0.25) is 9.89 Å². The number of carbonyl (C=O) groups excluding carboxylic acids is 1. The summed E-state index contributed by atoms with van der Waals surface area (Å²) in [5.74, 6) is 0.713. The van der Waals surface area contributed by atoms with E-state index in [0.717, 1.165) is 27.7 Å². The molecule has 0 bridgehead atoms. The van der Waals surface area contributed by atoms with E-state index in [0.29, 0.717) is 16.0 Å². The van der Waals surface area contributed by atoms with Crippen LogP contribution in [0.2, 0.25) is 5.02 Å². The van der Waals surface area contributed by atoms with Crippen LogP contribution in [0.1, 0.15) is 23.0 Å². The number of carbonyl (C=O) groups is 1. The van der Waals surface area contributed by atoms with E-state index in [9.17, 15) is 4.79 Å². The number of aromatic amines is 2. The van der Waals surface area contributed by atoms with E-state index in [1.165, 1.54) is 11.8 Å². The van der Waals surface area contributed by atoms with Crippen LogP contribution in [0.5, 0.6) is 0 Å². The first-order valence-corrected chi connectivity index (χ1v) is 9.75. The predicted molar refractivity (Wildman–Crippen MR) is 110 cm³/mol. The second kappa shape index (κ2) is 7.21. The number of Topliss-reactive ketones (excluding diaryl/α,β-unsaturated/α-hetero) is 1. The third kappa shape index (κ3) is 3.50. The van der Waals surface area contributed by atoms with Crippen molar-refractivity contribution in [1.82, 2.24) is 20.2 Å². The van der Waals surface area contributed by atoms with Gasteiger partial charge in [0.25, 0.3) is 0 Å². The Labute approximate surface area is 165 Å². The number of aryl methyl sites for hydroxylation is 1. The maximum atomic E-state index is 13.0. The minimum absolute atomic E-state index is 0.0628. The number of fused-ring (bicyclic) bond motifs is 1. The van der Waals surface area contributed by atoms with Crippen LogP contribution in [0.25, 0.3) is 22.3 Å². The van der Waals surface area contributed by atoms with E-state index in [2.05, 4.69) is 20.2 Å². The maximum absolute atomic E-state index is 13.0. The van der Waals surface area contributed by atoms with Crippen molar-refractivity contribution >= 4 is 40.0 Å². The largest absolute Gasteiger partial charge is 0.358 e. The highest BCUT2D eigenvalue weighted by Gasteiger charge is 2.23. The van der Waals surface area contributed by atoms with Gasteiger partial charge < -0.3 is 4.98 Å². The zero-order valence-corrected chi connectivity index (χ0v) is 16.4. The lowest BCUT2D eigenvalue weighted by atomic mass is 10.1. The van der Waals surface area contributed by atoms with Crippen LogP contribution in [0.15, 0.2) is 53.7 Å². The van der Waals surface area contributed by atoms with Crippen molar-refractivity contribution in [3.63, 3.8) is 0 Å². The van der Waals surface area contributed by atoms with Crippen molar-refractivity contribution < 1.29 is 4.79 Å². The summed E-state index contributed by atoms with van der Waals surface area (Å²) >= 11 is 7.26. The number of nitrogens with one attached hydrogen (secondary N) is 2. The zero-order valence-electron chi connectivity index (χ0n) is 14.8. The molecule has 2 aromatic heterocycles. The first-order valence-electron chi connectivity index (χ1n) is 8.49. The van der Waals surface area contributed by atoms with Crippen LogP contribution in [0, 0.1) is 6.92 Å². The number of benzene rings is 2. The quantitative estimate of drug-likeness (QED) is 0.355. The molecule has 0 aliphatic heterocycles. The zero-order chi connectivity index (χ0) is 19.0. The fourth-order valence-corrected chi connectivity index (χ4v) is 3.95. The van der Waals surface area contributed by atoms with Crippen molar-refractivity contribution in [1.29, 1.82) is 0 Å². The van der Waals surface area contributed by atoms with E-state index < -0.39 is 0 Å². The van der Waals surface area contributed by atoms with E-state index in [-0.39, 0.29) is 11.0 Å². The van der Waals surface area contributed by atoms with Gasteiger partial charge in [-0.2, -0.15) is 0 Å². The SMILES string of the molecule is Cc1[nH]c2ccccc2c1C(=O)C(C)Sc1n[nH]c(-c2ccc(Cl)cc2)n1. The van der Waals surface area contributed by atoms with Gasteiger partial charge in [-0.15, -0.1) is 5.10 Å². The summed E-state index contributed by atoms with van der Waals surface area (Å²) in [5.41, 5.74) is 3.48. The minimum Gasteiger partial charge on any atom is -0.358 e. The number of para-hydroxylation sites is 1. The van der Waals surface area contributed by atoms with Gasteiger partial charge in [0.15, 0.2) is 11.6 Å². The Kier molecular flexibility index (Phi) is 4.76. The standard InChI is InChI=1S/C20H17ClN4OS/c1-11-17(15-5-3-4-6-16(15)22-11)18(26)12(2)27-20-23-19(24-25-20)13-7-9-14(21)10-8-13/h3-10,12,22H,1-2H3,(H,23,24,25). The van der Waals surface area contributed by atoms with Crippen LogP contribution in [-0.4, -0.2) is 31.2 Å². The van der Waals surface area contributed by atoms with Crippen molar-refractivity contribution in [3.05, 3.63) is 64.8 Å². The van der Waals surface area contributed by atoms with Crippen molar-refractivity contribution in [2.75, 3.05) is 0 Å². The average Bonchev–Trinajstić information content (AvgIpc) is 3.25. The number of halogens is 1. The highest BCUT2D eigenvalue weighted by Crippen LogP contribution is 2.29. The molecule has 2 aromatic carbocycles. The summed E-state index contributed by atoms with van der Waals surface area (Å²) in [6, 6.07) is 15.2. The number of hydrogen-bond donors (Lipinski definition) is 2. The number of rotatable bonds is 5. The lowest BCUT2D eigenvalue weighted by Crippen LogP contribution is -2.14. The first-order chi connectivity index (χ1) is 13.0. The summed E-state index contributed by atoms with van der Waals surface area (Å²) in [7, 11) is 0. The Hall–Kier alpha value is -2.57. The molecule has 0 amide bonds. The number of thioether (sulfide) groups is 1. The molecule has 0 aliphatic carbocycles. The molecule has 4 aromatic rings. The first kappa shape index (κ1) is 17.8. The van der Waals surface area contributed by atoms with Crippen LogP contribution in [-0.2, 0) is 0 Å². The van der Waals surface area contributed by atoms with Crippen molar-refractivity contribution in [3.8, 4) is 11.4 Å². The number of ketones is 1. The monoisotopic (exact) mass is 396 g/mol. The van der Waals surface area contributed by atoms with Gasteiger partial charge in [0.1, 0.15) is 0 Å². The van der Waals surface area contributed by atoms with Gasteiger partial charge in [0.2, 0.25) is 5.16 Å². The molecule has 0 radical (unpaired) electrons. The Morgan fingerprint density at radius 1 is 1.15 bits per heavy atom. The molecule has 0 aliphatic rings. The summed E-state index contributed by atoms with van der Waals surface area (Å²) < 4.78 is 0. The Morgan fingerprint density at radius 3 is 2.67 bits per heavy atom. The molecule has 1 unspecified atom stereocenters. The third-order valence-electron chi connectivity index (χ3n) is 4.37. The topological polar surface area (TPSA) is 74.4 Å². The van der Waals surface area contributed by atoms with E-state index in [4.69, 9.17) is 11.6 Å².